The lowest BCUT2D eigenvalue weighted by molar-refractivity contribution is 0.172. The molecule has 16 heavy (non-hydrogen) atoms. The van der Waals surface area contributed by atoms with E-state index < -0.39 is 0 Å². The molecular weight excluding hydrogens is 206 g/mol. The van der Waals surface area contributed by atoms with E-state index >= 15 is 0 Å². The highest BCUT2D eigenvalue weighted by Gasteiger charge is 2.29. The predicted molar refractivity (Wildman–Crippen MR) is 58.5 cm³/mol. The Morgan fingerprint density at radius 2 is 2.31 bits per heavy atom. The van der Waals surface area contributed by atoms with Crippen molar-refractivity contribution in [2.45, 2.75) is 12.5 Å². The maximum absolute atomic E-state index is 9.13. The fourth-order valence-electron chi connectivity index (χ4n) is 2.41. The van der Waals surface area contributed by atoms with E-state index in [-0.39, 0.29) is 12.6 Å². The van der Waals surface area contributed by atoms with E-state index in [0.29, 0.717) is 12.7 Å². The molecule has 1 saturated heterocycles. The molecule has 4 heteroatoms. The summed E-state index contributed by atoms with van der Waals surface area (Å²) in [7, 11) is 0. The predicted octanol–water partition coefficient (Wildman–Crippen LogP) is 1.06. The van der Waals surface area contributed by atoms with Crippen LogP contribution in [-0.4, -0.2) is 25.1 Å². The van der Waals surface area contributed by atoms with Gasteiger partial charge in [0.1, 0.15) is 0 Å². The summed E-state index contributed by atoms with van der Waals surface area (Å²) >= 11 is 0. The maximum atomic E-state index is 9.13. The molecule has 2 N–H and O–H groups in total. The second-order valence-corrected chi connectivity index (χ2v) is 4.33. The molecular formula is C12H15NO3. The smallest absolute Gasteiger partial charge is 0.231 e. The van der Waals surface area contributed by atoms with Crippen LogP contribution in [0.3, 0.4) is 0 Å². The van der Waals surface area contributed by atoms with Crippen molar-refractivity contribution < 1.29 is 14.6 Å². The fourth-order valence-corrected chi connectivity index (χ4v) is 2.41. The highest BCUT2D eigenvalue weighted by molar-refractivity contribution is 5.49. The van der Waals surface area contributed by atoms with Crippen LogP contribution in [0.15, 0.2) is 18.2 Å². The number of para-hydroxylation sites is 1. The van der Waals surface area contributed by atoms with E-state index in [1.165, 1.54) is 0 Å². The van der Waals surface area contributed by atoms with E-state index in [0.717, 1.165) is 30.0 Å². The van der Waals surface area contributed by atoms with Crippen LogP contribution in [0.1, 0.15) is 18.0 Å². The van der Waals surface area contributed by atoms with Crippen LogP contribution < -0.4 is 14.8 Å². The van der Waals surface area contributed by atoms with Gasteiger partial charge in [-0.3, -0.25) is 0 Å². The third kappa shape index (κ3) is 1.54. The van der Waals surface area contributed by atoms with Gasteiger partial charge >= 0.3 is 0 Å². The molecule has 2 unspecified atom stereocenters. The van der Waals surface area contributed by atoms with Crippen molar-refractivity contribution in [2.24, 2.45) is 5.92 Å². The van der Waals surface area contributed by atoms with E-state index in [9.17, 15) is 0 Å². The van der Waals surface area contributed by atoms with Crippen LogP contribution in [0.5, 0.6) is 11.5 Å². The number of hydrogen-bond donors (Lipinski definition) is 2. The summed E-state index contributed by atoms with van der Waals surface area (Å²) in [6.07, 6.45) is 0.955. The van der Waals surface area contributed by atoms with Crippen LogP contribution in [-0.2, 0) is 0 Å². The SMILES string of the molecule is OCC1CNC(c2cccc3c2OCO3)C1. The van der Waals surface area contributed by atoms with Crippen molar-refractivity contribution in [1.29, 1.82) is 0 Å². The number of rotatable bonds is 2. The second-order valence-electron chi connectivity index (χ2n) is 4.33. The largest absolute Gasteiger partial charge is 0.454 e. The Labute approximate surface area is 94.2 Å². The average molecular weight is 221 g/mol. The molecule has 2 aliphatic rings. The van der Waals surface area contributed by atoms with Crippen LogP contribution in [0.4, 0.5) is 0 Å². The summed E-state index contributed by atoms with van der Waals surface area (Å²) in [6, 6.07) is 6.24. The molecule has 0 spiro atoms. The van der Waals surface area contributed by atoms with Crippen LogP contribution in [0, 0.1) is 5.92 Å². The van der Waals surface area contributed by atoms with Crippen molar-refractivity contribution >= 4 is 0 Å². The van der Waals surface area contributed by atoms with E-state index in [1.54, 1.807) is 0 Å². The Bertz CT molecular complexity index is 394. The average Bonchev–Trinajstić information content (AvgIpc) is 2.97. The zero-order valence-corrected chi connectivity index (χ0v) is 8.98. The Morgan fingerprint density at radius 1 is 1.38 bits per heavy atom. The van der Waals surface area contributed by atoms with E-state index in [2.05, 4.69) is 11.4 Å². The fraction of sp³-hybridized carbons (Fsp3) is 0.500. The topological polar surface area (TPSA) is 50.7 Å². The van der Waals surface area contributed by atoms with Gasteiger partial charge in [0.15, 0.2) is 11.5 Å². The van der Waals surface area contributed by atoms with Crippen LogP contribution in [0.2, 0.25) is 0 Å². The molecule has 0 amide bonds. The van der Waals surface area contributed by atoms with Crippen molar-refractivity contribution in [3.8, 4) is 11.5 Å². The molecule has 4 nitrogen and oxygen atoms in total. The number of nitrogens with one attached hydrogen (secondary N) is 1. The molecule has 2 aliphatic heterocycles. The van der Waals surface area contributed by atoms with Gasteiger partial charge in [0.25, 0.3) is 0 Å². The molecule has 0 radical (unpaired) electrons. The number of ether oxygens (including phenoxy) is 2. The molecule has 0 aliphatic carbocycles. The molecule has 1 aromatic carbocycles. The summed E-state index contributed by atoms with van der Waals surface area (Å²) in [5, 5.41) is 12.5. The van der Waals surface area contributed by atoms with Crippen LogP contribution >= 0.6 is 0 Å². The molecule has 0 aromatic heterocycles. The Kier molecular flexibility index (Phi) is 2.46. The van der Waals surface area contributed by atoms with Crippen molar-refractivity contribution in [2.75, 3.05) is 19.9 Å². The molecule has 3 rings (SSSR count). The first-order valence-corrected chi connectivity index (χ1v) is 5.61. The third-order valence-electron chi connectivity index (χ3n) is 3.28. The van der Waals surface area contributed by atoms with Gasteiger partial charge in [-0.1, -0.05) is 12.1 Å². The summed E-state index contributed by atoms with van der Waals surface area (Å²) in [4.78, 5) is 0. The van der Waals surface area contributed by atoms with Gasteiger partial charge in [-0.25, -0.2) is 0 Å². The molecule has 0 bridgehead atoms. The minimum atomic E-state index is 0.246. The molecule has 86 valence electrons. The summed E-state index contributed by atoms with van der Waals surface area (Å²) in [5.41, 5.74) is 1.14. The molecule has 1 fully saturated rings. The highest BCUT2D eigenvalue weighted by atomic mass is 16.7. The first-order valence-electron chi connectivity index (χ1n) is 5.61. The van der Waals surface area contributed by atoms with Crippen molar-refractivity contribution in [1.82, 2.24) is 5.32 Å². The molecule has 1 aromatic rings. The van der Waals surface area contributed by atoms with Crippen molar-refractivity contribution in [3.63, 3.8) is 0 Å². The number of fused-ring (bicyclic) bond motifs is 1. The van der Waals surface area contributed by atoms with Gasteiger partial charge in [0.2, 0.25) is 6.79 Å². The van der Waals surface area contributed by atoms with E-state index in [1.807, 2.05) is 12.1 Å². The Morgan fingerprint density at radius 3 is 3.12 bits per heavy atom. The van der Waals surface area contributed by atoms with Gasteiger partial charge in [-0.2, -0.15) is 0 Å². The normalized spacial score (nSPS) is 27.3. The van der Waals surface area contributed by atoms with Gasteiger partial charge in [-0.15, -0.1) is 0 Å². The Balaban J connectivity index is 1.87. The van der Waals surface area contributed by atoms with Crippen molar-refractivity contribution in [3.05, 3.63) is 23.8 Å². The lowest BCUT2D eigenvalue weighted by atomic mass is 9.99. The quantitative estimate of drug-likeness (QED) is 0.784. The van der Waals surface area contributed by atoms with Gasteiger partial charge in [-0.05, 0) is 18.4 Å². The number of benzene rings is 1. The van der Waals surface area contributed by atoms with Gasteiger partial charge < -0.3 is 19.9 Å². The summed E-state index contributed by atoms with van der Waals surface area (Å²) < 4.78 is 10.8. The van der Waals surface area contributed by atoms with E-state index in [4.69, 9.17) is 14.6 Å². The Hall–Kier alpha value is -1.26. The molecule has 0 saturated carbocycles. The first-order chi connectivity index (χ1) is 7.88. The van der Waals surface area contributed by atoms with Gasteiger partial charge in [0.05, 0.1) is 0 Å². The number of hydrogen-bond acceptors (Lipinski definition) is 4. The summed E-state index contributed by atoms with van der Waals surface area (Å²) in [6.45, 7) is 1.42. The van der Waals surface area contributed by atoms with Crippen LogP contribution in [0.25, 0.3) is 0 Å². The van der Waals surface area contributed by atoms with Gasteiger partial charge in [0, 0.05) is 24.8 Å². The minimum Gasteiger partial charge on any atom is -0.454 e. The standard InChI is InChI=1S/C12H15NO3/c14-6-8-4-10(13-5-8)9-2-1-3-11-12(9)16-7-15-11/h1-3,8,10,13-14H,4-7H2. The maximum Gasteiger partial charge on any atom is 0.231 e. The highest BCUT2D eigenvalue weighted by Crippen LogP contribution is 2.41. The minimum absolute atomic E-state index is 0.246. The zero-order valence-electron chi connectivity index (χ0n) is 8.98. The lowest BCUT2D eigenvalue weighted by Crippen LogP contribution is -2.14. The molecule has 2 atom stereocenters. The monoisotopic (exact) mass is 221 g/mol. The third-order valence-corrected chi connectivity index (χ3v) is 3.28. The molecule has 2 heterocycles. The number of aliphatic hydroxyl groups excluding tert-OH is 1. The zero-order chi connectivity index (χ0) is 11.0. The second kappa shape index (κ2) is 3.96. The first kappa shape index (κ1) is 9.93. The number of aliphatic hydroxyl groups is 1. The lowest BCUT2D eigenvalue weighted by Gasteiger charge is -2.13. The summed E-state index contributed by atoms with van der Waals surface area (Å²) in [5.74, 6) is 2.04.